The van der Waals surface area contributed by atoms with Gasteiger partial charge in [0.2, 0.25) is 5.91 Å². The number of carbonyl (C=O) groups is 2. The third kappa shape index (κ3) is 4.12. The van der Waals surface area contributed by atoms with E-state index >= 15 is 0 Å². The normalized spacial score (nSPS) is 33.0. The number of carbonyl (C=O) groups excluding carboxylic acids is 2. The molecule has 22 heavy (non-hydrogen) atoms. The first-order valence-corrected chi connectivity index (χ1v) is 8.17. The molecule has 0 bridgehead atoms. The molecule has 0 radical (unpaired) electrons. The van der Waals surface area contributed by atoms with Crippen LogP contribution in [0.4, 0.5) is 4.79 Å². The van der Waals surface area contributed by atoms with Gasteiger partial charge < -0.3 is 20.1 Å². The summed E-state index contributed by atoms with van der Waals surface area (Å²) in [6.45, 7) is 7.38. The molecule has 0 aromatic carbocycles. The minimum atomic E-state index is -0.618. The Balaban J connectivity index is 2.08. The molecular formula is C16H28N2O4. The van der Waals surface area contributed by atoms with Gasteiger partial charge in [-0.15, -0.1) is 0 Å². The van der Waals surface area contributed by atoms with E-state index in [9.17, 15) is 14.7 Å². The first kappa shape index (κ1) is 17.1. The van der Waals surface area contributed by atoms with E-state index in [1.807, 2.05) is 11.8 Å². The fraction of sp³-hybridized carbons (Fsp3) is 0.875. The minimum Gasteiger partial charge on any atom is -0.444 e. The summed E-state index contributed by atoms with van der Waals surface area (Å²) >= 11 is 0. The lowest BCUT2D eigenvalue weighted by Gasteiger charge is -2.36. The van der Waals surface area contributed by atoms with Crippen LogP contribution in [0.2, 0.25) is 0 Å². The standard InChI is InChI=1S/C16H28N2O4/c1-10-5-6-11-9-12(19)7-8-13(14(20)18(10)11)17-15(21)22-16(2,3)4/h10-13,19H,5-9H2,1-4H3,(H,17,21)/t10-,11-,12?,13+/m1/s1. The molecule has 1 unspecified atom stereocenters. The molecule has 2 fully saturated rings. The number of hydrogen-bond donors (Lipinski definition) is 2. The first-order valence-electron chi connectivity index (χ1n) is 8.17. The van der Waals surface area contributed by atoms with E-state index in [4.69, 9.17) is 4.74 Å². The maximum absolute atomic E-state index is 12.8. The van der Waals surface area contributed by atoms with Crippen LogP contribution in [0.5, 0.6) is 0 Å². The number of aliphatic hydroxyl groups is 1. The molecule has 2 aliphatic heterocycles. The summed E-state index contributed by atoms with van der Waals surface area (Å²) in [4.78, 5) is 26.6. The molecule has 0 aliphatic carbocycles. The van der Waals surface area contributed by atoms with Crippen molar-refractivity contribution < 1.29 is 19.4 Å². The van der Waals surface area contributed by atoms with Gasteiger partial charge in [-0.2, -0.15) is 0 Å². The van der Waals surface area contributed by atoms with Crippen molar-refractivity contribution in [2.24, 2.45) is 0 Å². The predicted molar refractivity (Wildman–Crippen MR) is 82.3 cm³/mol. The summed E-state index contributed by atoms with van der Waals surface area (Å²) in [5.41, 5.74) is -0.599. The number of fused-ring (bicyclic) bond motifs is 1. The number of aliphatic hydroxyl groups excluding tert-OH is 1. The van der Waals surface area contributed by atoms with Gasteiger partial charge in [0.25, 0.3) is 0 Å². The largest absolute Gasteiger partial charge is 0.444 e. The predicted octanol–water partition coefficient (Wildman–Crippen LogP) is 1.80. The number of nitrogens with one attached hydrogen (secondary N) is 1. The van der Waals surface area contributed by atoms with Crippen molar-refractivity contribution in [3.8, 4) is 0 Å². The van der Waals surface area contributed by atoms with Crippen molar-refractivity contribution in [3.63, 3.8) is 0 Å². The van der Waals surface area contributed by atoms with Crippen molar-refractivity contribution in [1.29, 1.82) is 0 Å². The number of nitrogens with zero attached hydrogens (tertiary/aromatic N) is 1. The molecule has 0 aromatic heterocycles. The summed E-state index contributed by atoms with van der Waals surface area (Å²) in [5, 5.41) is 12.8. The number of ether oxygens (including phenoxy) is 1. The van der Waals surface area contributed by atoms with E-state index < -0.39 is 23.8 Å². The molecule has 2 saturated heterocycles. The van der Waals surface area contributed by atoms with Crippen LogP contribution in [0.25, 0.3) is 0 Å². The molecule has 2 heterocycles. The van der Waals surface area contributed by atoms with Gasteiger partial charge in [-0.3, -0.25) is 4.79 Å². The Labute approximate surface area is 132 Å². The van der Waals surface area contributed by atoms with Gasteiger partial charge in [0.05, 0.1) is 6.10 Å². The third-order valence-corrected chi connectivity index (χ3v) is 4.36. The molecule has 2 rings (SSSR count). The Bertz CT molecular complexity index is 432. The van der Waals surface area contributed by atoms with Crippen LogP contribution < -0.4 is 5.32 Å². The molecule has 6 nitrogen and oxygen atoms in total. The van der Waals surface area contributed by atoms with Crippen molar-refractivity contribution in [2.45, 2.75) is 89.6 Å². The average molecular weight is 312 g/mol. The van der Waals surface area contributed by atoms with E-state index in [0.717, 1.165) is 12.8 Å². The van der Waals surface area contributed by atoms with E-state index in [0.29, 0.717) is 19.3 Å². The average Bonchev–Trinajstić information content (AvgIpc) is 2.71. The SMILES string of the molecule is C[C@@H]1CC[C@@H]2CC(O)CC[C@H](NC(=O)OC(C)(C)C)C(=O)N21. The molecule has 6 heteroatoms. The number of hydrogen-bond acceptors (Lipinski definition) is 4. The summed E-state index contributed by atoms with van der Waals surface area (Å²) in [7, 11) is 0. The Morgan fingerprint density at radius 3 is 2.59 bits per heavy atom. The van der Waals surface area contributed by atoms with Crippen LogP contribution in [0.15, 0.2) is 0 Å². The van der Waals surface area contributed by atoms with Crippen molar-refractivity contribution in [2.75, 3.05) is 0 Å². The lowest BCUT2D eigenvalue weighted by molar-refractivity contribution is -0.138. The van der Waals surface area contributed by atoms with E-state index in [1.54, 1.807) is 20.8 Å². The van der Waals surface area contributed by atoms with Crippen LogP contribution in [-0.4, -0.2) is 51.8 Å². The highest BCUT2D eigenvalue weighted by molar-refractivity contribution is 5.86. The van der Waals surface area contributed by atoms with Gasteiger partial charge in [0, 0.05) is 12.1 Å². The summed E-state index contributed by atoms with van der Waals surface area (Å²) in [6.07, 6.45) is 2.46. The van der Waals surface area contributed by atoms with Gasteiger partial charge in [-0.25, -0.2) is 4.79 Å². The zero-order valence-corrected chi connectivity index (χ0v) is 14.0. The Morgan fingerprint density at radius 2 is 1.95 bits per heavy atom. The second-order valence-corrected chi connectivity index (χ2v) is 7.49. The smallest absolute Gasteiger partial charge is 0.408 e. The fourth-order valence-electron chi connectivity index (χ4n) is 3.38. The highest BCUT2D eigenvalue weighted by Gasteiger charge is 2.40. The minimum absolute atomic E-state index is 0.0484. The van der Waals surface area contributed by atoms with Gasteiger partial charge in [-0.1, -0.05) is 0 Å². The van der Waals surface area contributed by atoms with Gasteiger partial charge in [0.1, 0.15) is 11.6 Å². The fourth-order valence-corrected chi connectivity index (χ4v) is 3.38. The number of alkyl carbamates (subject to hydrolysis) is 1. The summed E-state index contributed by atoms with van der Waals surface area (Å²) in [5.74, 6) is -0.0484. The van der Waals surface area contributed by atoms with Gasteiger partial charge in [-0.05, 0) is 59.8 Å². The Morgan fingerprint density at radius 1 is 1.27 bits per heavy atom. The maximum atomic E-state index is 12.8. The maximum Gasteiger partial charge on any atom is 0.408 e. The molecule has 4 atom stereocenters. The molecule has 0 spiro atoms. The number of rotatable bonds is 1. The monoisotopic (exact) mass is 312 g/mol. The van der Waals surface area contributed by atoms with Crippen LogP contribution in [0.3, 0.4) is 0 Å². The summed E-state index contributed by atoms with van der Waals surface area (Å²) < 4.78 is 5.24. The van der Waals surface area contributed by atoms with Crippen LogP contribution in [0, 0.1) is 0 Å². The van der Waals surface area contributed by atoms with Gasteiger partial charge in [0.15, 0.2) is 0 Å². The second kappa shape index (κ2) is 6.44. The molecular weight excluding hydrogens is 284 g/mol. The van der Waals surface area contributed by atoms with Gasteiger partial charge >= 0.3 is 6.09 Å². The van der Waals surface area contributed by atoms with Crippen molar-refractivity contribution >= 4 is 12.0 Å². The van der Waals surface area contributed by atoms with E-state index in [1.165, 1.54) is 0 Å². The Hall–Kier alpha value is -1.30. The second-order valence-electron chi connectivity index (χ2n) is 7.49. The van der Waals surface area contributed by atoms with Crippen molar-refractivity contribution in [3.05, 3.63) is 0 Å². The highest BCUT2D eigenvalue weighted by Crippen LogP contribution is 2.31. The third-order valence-electron chi connectivity index (χ3n) is 4.36. The number of amides is 2. The summed E-state index contributed by atoms with van der Waals surface area (Å²) in [6, 6.07) is -0.376. The van der Waals surface area contributed by atoms with Crippen LogP contribution >= 0.6 is 0 Å². The lowest BCUT2D eigenvalue weighted by atomic mass is 9.97. The molecule has 2 amide bonds. The molecule has 2 N–H and O–H groups in total. The molecule has 126 valence electrons. The van der Waals surface area contributed by atoms with Crippen LogP contribution in [-0.2, 0) is 9.53 Å². The van der Waals surface area contributed by atoms with Crippen molar-refractivity contribution in [1.82, 2.24) is 10.2 Å². The highest BCUT2D eigenvalue weighted by atomic mass is 16.6. The van der Waals surface area contributed by atoms with Crippen LogP contribution in [0.1, 0.15) is 59.8 Å². The first-order chi connectivity index (χ1) is 10.2. The lowest BCUT2D eigenvalue weighted by Crippen LogP contribution is -2.54. The van der Waals surface area contributed by atoms with E-state index in [2.05, 4.69) is 5.32 Å². The zero-order chi connectivity index (χ0) is 16.5. The topological polar surface area (TPSA) is 78.9 Å². The van der Waals surface area contributed by atoms with E-state index in [-0.39, 0.29) is 18.0 Å². The molecule has 0 aromatic rings. The molecule has 0 saturated carbocycles. The zero-order valence-electron chi connectivity index (χ0n) is 14.0. The molecule has 2 aliphatic rings. The Kier molecular flexibility index (Phi) is 5.00. The quantitative estimate of drug-likeness (QED) is 0.774.